The first-order valence-corrected chi connectivity index (χ1v) is 14.5. The van der Waals surface area contributed by atoms with Crippen molar-refractivity contribution in [3.05, 3.63) is 76.6 Å². The Labute approximate surface area is 226 Å². The number of alkyl halides is 3. The number of nitrogens with zero attached hydrogens (tertiary/aromatic N) is 3. The van der Waals surface area contributed by atoms with Crippen molar-refractivity contribution in [2.24, 2.45) is 5.92 Å². The molecule has 0 spiro atoms. The van der Waals surface area contributed by atoms with Crippen molar-refractivity contribution in [1.82, 2.24) is 19.9 Å². The third-order valence-electron chi connectivity index (χ3n) is 7.02. The molecule has 39 heavy (non-hydrogen) atoms. The van der Waals surface area contributed by atoms with Gasteiger partial charge in [0.05, 0.1) is 28.5 Å². The number of amides is 1. The summed E-state index contributed by atoms with van der Waals surface area (Å²) in [7, 11) is -3.40. The van der Waals surface area contributed by atoms with E-state index in [1.54, 1.807) is 23.6 Å². The number of hydrogen-bond donors (Lipinski definition) is 1. The highest BCUT2D eigenvalue weighted by atomic mass is 32.2. The Morgan fingerprint density at radius 1 is 1.10 bits per heavy atom. The maximum atomic E-state index is 13.6. The second-order valence-electron chi connectivity index (χ2n) is 11.1. The molecule has 1 N–H and O–H groups in total. The van der Waals surface area contributed by atoms with E-state index in [-0.39, 0.29) is 40.9 Å². The van der Waals surface area contributed by atoms with Crippen LogP contribution in [0.2, 0.25) is 0 Å². The van der Waals surface area contributed by atoms with Crippen molar-refractivity contribution in [3.63, 3.8) is 0 Å². The molecule has 2 aromatic heterocycles. The van der Waals surface area contributed by atoms with Crippen LogP contribution < -0.4 is 5.32 Å². The quantitative estimate of drug-likeness (QED) is 0.394. The number of sulfone groups is 1. The van der Waals surface area contributed by atoms with Crippen LogP contribution in [0.15, 0.2) is 47.5 Å². The average Bonchev–Trinajstić information content (AvgIpc) is 3.16. The molecule has 1 saturated carbocycles. The molecule has 0 bridgehead atoms. The number of carbonyl (C=O) groups excluding carboxylic acids is 1. The zero-order valence-corrected chi connectivity index (χ0v) is 23.3. The highest BCUT2D eigenvalue weighted by Crippen LogP contribution is 2.34. The van der Waals surface area contributed by atoms with Crippen LogP contribution >= 0.6 is 0 Å². The summed E-state index contributed by atoms with van der Waals surface area (Å²) in [6.45, 7) is 7.25. The van der Waals surface area contributed by atoms with Crippen molar-refractivity contribution in [2.45, 2.75) is 76.5 Å². The summed E-state index contributed by atoms with van der Waals surface area (Å²) in [5, 5.41) is 2.75. The number of nitrogens with one attached hydrogen (secondary N) is 1. The third kappa shape index (κ3) is 6.51. The van der Waals surface area contributed by atoms with Crippen LogP contribution in [0.4, 0.5) is 13.2 Å². The van der Waals surface area contributed by atoms with Gasteiger partial charge >= 0.3 is 6.18 Å². The molecule has 1 aliphatic carbocycles. The van der Waals surface area contributed by atoms with Crippen LogP contribution in [0.5, 0.6) is 0 Å². The molecule has 1 amide bonds. The first kappa shape index (κ1) is 28.8. The zero-order chi connectivity index (χ0) is 28.6. The highest BCUT2D eigenvalue weighted by molar-refractivity contribution is 7.91. The fourth-order valence-corrected chi connectivity index (χ4v) is 6.28. The Morgan fingerprint density at radius 3 is 2.36 bits per heavy atom. The summed E-state index contributed by atoms with van der Waals surface area (Å²) < 4.78 is 67.7. The Morgan fingerprint density at radius 2 is 1.79 bits per heavy atom. The summed E-state index contributed by atoms with van der Waals surface area (Å²) in [5.41, 5.74) is -0.159. The van der Waals surface area contributed by atoms with Crippen molar-refractivity contribution in [3.8, 4) is 0 Å². The smallest absolute Gasteiger partial charge is 0.345 e. The van der Waals surface area contributed by atoms with Gasteiger partial charge in [-0.3, -0.25) is 9.78 Å². The SMILES string of the molecule is Cc1c(C(=O)NCc2ccc(S(=O)(=O)CC3CCC3)cn2)nc(C(C)(C)C)n1Cc1ccccc1C(F)(F)F. The summed E-state index contributed by atoms with van der Waals surface area (Å²) in [6, 6.07) is 8.43. The van der Waals surface area contributed by atoms with Crippen LogP contribution in [-0.2, 0) is 34.5 Å². The lowest BCUT2D eigenvalue weighted by Gasteiger charge is -2.24. The normalized spacial score (nSPS) is 14.7. The number of benzene rings is 1. The van der Waals surface area contributed by atoms with Gasteiger partial charge in [0, 0.05) is 23.9 Å². The van der Waals surface area contributed by atoms with Gasteiger partial charge in [0.15, 0.2) is 9.84 Å². The number of aromatic nitrogens is 3. The van der Waals surface area contributed by atoms with Gasteiger partial charge in [-0.1, -0.05) is 45.4 Å². The molecule has 0 aliphatic heterocycles. The van der Waals surface area contributed by atoms with E-state index < -0.39 is 32.9 Å². The van der Waals surface area contributed by atoms with Gasteiger partial charge in [-0.2, -0.15) is 13.2 Å². The van der Waals surface area contributed by atoms with E-state index in [2.05, 4.69) is 15.3 Å². The fraction of sp³-hybridized carbons (Fsp3) is 0.464. The Bertz CT molecular complexity index is 1450. The molecule has 11 heteroatoms. The Hall–Kier alpha value is -3.21. The van der Waals surface area contributed by atoms with E-state index in [0.717, 1.165) is 25.3 Å². The minimum Gasteiger partial charge on any atom is -0.345 e. The molecular weight excluding hydrogens is 529 g/mol. The predicted molar refractivity (Wildman–Crippen MR) is 141 cm³/mol. The number of rotatable bonds is 8. The van der Waals surface area contributed by atoms with Gasteiger partial charge in [0.2, 0.25) is 0 Å². The van der Waals surface area contributed by atoms with Gasteiger partial charge in [-0.05, 0) is 49.4 Å². The molecule has 0 unspecified atom stereocenters. The van der Waals surface area contributed by atoms with E-state index in [1.807, 2.05) is 20.8 Å². The second kappa shape index (κ2) is 10.7. The number of imidazole rings is 1. The van der Waals surface area contributed by atoms with Gasteiger partial charge in [0.1, 0.15) is 11.5 Å². The summed E-state index contributed by atoms with van der Waals surface area (Å²) in [6.07, 6.45) is -0.278. The fourth-order valence-electron chi connectivity index (χ4n) is 4.64. The van der Waals surface area contributed by atoms with Gasteiger partial charge in [0.25, 0.3) is 5.91 Å². The Balaban J connectivity index is 1.52. The van der Waals surface area contributed by atoms with Crippen molar-refractivity contribution in [1.29, 1.82) is 0 Å². The first-order chi connectivity index (χ1) is 18.2. The molecule has 2 heterocycles. The molecule has 3 aromatic rings. The second-order valence-corrected chi connectivity index (χ2v) is 13.1. The molecule has 7 nitrogen and oxygen atoms in total. The lowest BCUT2D eigenvalue weighted by molar-refractivity contribution is -0.138. The first-order valence-electron chi connectivity index (χ1n) is 12.9. The Kier molecular flexibility index (Phi) is 7.93. The number of carbonyl (C=O) groups is 1. The monoisotopic (exact) mass is 562 g/mol. The maximum absolute atomic E-state index is 13.6. The number of hydrogen-bond acceptors (Lipinski definition) is 5. The number of halogens is 3. The molecule has 1 aromatic carbocycles. The molecule has 1 fully saturated rings. The van der Waals surface area contributed by atoms with Crippen molar-refractivity contribution in [2.75, 3.05) is 5.75 Å². The summed E-state index contributed by atoms with van der Waals surface area (Å²) in [5.74, 6) is 0.318. The average molecular weight is 563 g/mol. The predicted octanol–water partition coefficient (Wildman–Crippen LogP) is 5.45. The summed E-state index contributed by atoms with van der Waals surface area (Å²) >= 11 is 0. The van der Waals surface area contributed by atoms with Crippen LogP contribution in [0, 0.1) is 12.8 Å². The minimum atomic E-state index is -4.51. The standard InChI is InChI=1S/C28H33F3N4O3S/c1-18-24(25(36)33-14-21-12-13-22(15-32-21)39(37,38)17-19-8-7-9-19)34-26(27(2,3)4)35(18)16-20-10-5-6-11-23(20)28(29,30)31/h5-6,10-13,15,19H,7-9,14,16-17H2,1-4H3,(H,33,36). The largest absolute Gasteiger partial charge is 0.416 e. The molecule has 4 rings (SSSR count). The van der Waals surface area contributed by atoms with Gasteiger partial charge in [-0.25, -0.2) is 13.4 Å². The molecule has 0 atom stereocenters. The van der Waals surface area contributed by atoms with Crippen LogP contribution in [0.25, 0.3) is 0 Å². The van der Waals surface area contributed by atoms with Crippen LogP contribution in [0.3, 0.4) is 0 Å². The minimum absolute atomic E-state index is 0.0375. The van der Waals surface area contributed by atoms with E-state index in [1.165, 1.54) is 24.4 Å². The molecule has 0 saturated heterocycles. The molecular formula is C28H33F3N4O3S. The van der Waals surface area contributed by atoms with Crippen LogP contribution in [-0.4, -0.2) is 34.6 Å². The topological polar surface area (TPSA) is 93.9 Å². The number of pyridine rings is 1. The zero-order valence-electron chi connectivity index (χ0n) is 22.5. The van der Waals surface area contributed by atoms with Crippen LogP contribution in [0.1, 0.15) is 78.9 Å². The molecule has 210 valence electrons. The van der Waals surface area contributed by atoms with Gasteiger partial charge in [-0.15, -0.1) is 0 Å². The maximum Gasteiger partial charge on any atom is 0.416 e. The highest BCUT2D eigenvalue weighted by Gasteiger charge is 2.34. The van der Waals surface area contributed by atoms with E-state index in [9.17, 15) is 26.4 Å². The van der Waals surface area contributed by atoms with Gasteiger partial charge < -0.3 is 9.88 Å². The summed E-state index contributed by atoms with van der Waals surface area (Å²) in [4.78, 5) is 22.0. The van der Waals surface area contributed by atoms with E-state index >= 15 is 0 Å². The van der Waals surface area contributed by atoms with E-state index in [0.29, 0.717) is 17.2 Å². The van der Waals surface area contributed by atoms with Crippen molar-refractivity contribution < 1.29 is 26.4 Å². The lowest BCUT2D eigenvalue weighted by Crippen LogP contribution is -2.25. The van der Waals surface area contributed by atoms with E-state index in [4.69, 9.17) is 0 Å². The third-order valence-corrected chi connectivity index (χ3v) is 8.89. The molecule has 0 radical (unpaired) electrons. The van der Waals surface area contributed by atoms with Crippen molar-refractivity contribution >= 4 is 15.7 Å². The molecule has 1 aliphatic rings. The lowest BCUT2D eigenvalue weighted by atomic mass is 9.87.